The van der Waals surface area contributed by atoms with Gasteiger partial charge in [0.2, 0.25) is 5.91 Å². The molecule has 1 aliphatic rings. The average Bonchev–Trinajstić information content (AvgIpc) is 2.74. The van der Waals surface area contributed by atoms with Crippen molar-refractivity contribution in [2.75, 3.05) is 5.43 Å². The predicted molar refractivity (Wildman–Crippen MR) is 109 cm³/mol. The zero-order valence-electron chi connectivity index (χ0n) is 15.4. The van der Waals surface area contributed by atoms with E-state index < -0.39 is 0 Å². The molecule has 4 heteroatoms. The molecular weight excluding hydrogens is 334 g/mol. The fraction of sp³-hybridized carbons (Fsp3) is 0.304. The highest BCUT2D eigenvalue weighted by Gasteiger charge is 2.30. The molecule has 2 aromatic carbocycles. The van der Waals surface area contributed by atoms with E-state index >= 15 is 0 Å². The minimum atomic E-state index is -0.118. The van der Waals surface area contributed by atoms with Gasteiger partial charge in [-0.2, -0.15) is 0 Å². The van der Waals surface area contributed by atoms with E-state index in [1.54, 1.807) is 6.20 Å². The van der Waals surface area contributed by atoms with Crippen LogP contribution in [0.5, 0.6) is 0 Å². The van der Waals surface area contributed by atoms with Gasteiger partial charge in [0.1, 0.15) is 0 Å². The van der Waals surface area contributed by atoms with E-state index in [-0.39, 0.29) is 11.8 Å². The zero-order valence-corrected chi connectivity index (χ0v) is 15.4. The highest BCUT2D eigenvalue weighted by Crippen LogP contribution is 2.36. The average molecular weight is 359 g/mol. The van der Waals surface area contributed by atoms with Gasteiger partial charge in [-0.1, -0.05) is 55.7 Å². The van der Waals surface area contributed by atoms with Crippen LogP contribution in [0.25, 0.3) is 10.9 Å². The number of aromatic nitrogens is 1. The molecule has 1 unspecified atom stereocenters. The Morgan fingerprint density at radius 2 is 1.74 bits per heavy atom. The maximum atomic E-state index is 13.2. The van der Waals surface area contributed by atoms with Crippen molar-refractivity contribution in [3.05, 3.63) is 72.4 Å². The molecular formula is C23H25N3O. The minimum Gasteiger partial charge on any atom is -0.298 e. The van der Waals surface area contributed by atoms with Crippen molar-refractivity contribution in [3.63, 3.8) is 0 Å². The van der Waals surface area contributed by atoms with Crippen LogP contribution in [-0.2, 0) is 4.79 Å². The molecule has 1 aliphatic carbocycles. The summed E-state index contributed by atoms with van der Waals surface area (Å²) >= 11 is 0. The molecule has 0 saturated heterocycles. The second kappa shape index (κ2) is 8.21. The Hall–Kier alpha value is -2.88. The first-order valence-electron chi connectivity index (χ1n) is 9.77. The number of pyridine rings is 1. The minimum absolute atomic E-state index is 0.0361. The number of nitrogens with one attached hydrogen (secondary N) is 2. The number of amides is 1. The summed E-state index contributed by atoms with van der Waals surface area (Å²) in [5.41, 5.74) is 8.98. The molecule has 2 N–H and O–H groups in total. The van der Waals surface area contributed by atoms with E-state index in [0.717, 1.165) is 35.0 Å². The van der Waals surface area contributed by atoms with Gasteiger partial charge in [0.05, 0.1) is 17.1 Å². The maximum absolute atomic E-state index is 13.2. The summed E-state index contributed by atoms with van der Waals surface area (Å²) in [6.07, 6.45) is 7.71. The topological polar surface area (TPSA) is 54.0 Å². The van der Waals surface area contributed by atoms with Crippen LogP contribution in [0.3, 0.4) is 0 Å². The molecule has 1 fully saturated rings. The molecule has 1 amide bonds. The monoisotopic (exact) mass is 359 g/mol. The Labute approximate surface area is 160 Å². The fourth-order valence-electron chi connectivity index (χ4n) is 4.18. The molecule has 0 aliphatic heterocycles. The molecule has 1 heterocycles. The van der Waals surface area contributed by atoms with E-state index in [4.69, 9.17) is 0 Å². The van der Waals surface area contributed by atoms with Crippen molar-refractivity contribution in [2.45, 2.75) is 38.0 Å². The van der Waals surface area contributed by atoms with Crippen LogP contribution >= 0.6 is 0 Å². The predicted octanol–water partition coefficient (Wildman–Crippen LogP) is 5.04. The molecule has 138 valence electrons. The van der Waals surface area contributed by atoms with Crippen LogP contribution < -0.4 is 10.9 Å². The number of rotatable bonds is 5. The third-order valence-electron chi connectivity index (χ3n) is 5.53. The zero-order chi connectivity index (χ0) is 18.5. The van der Waals surface area contributed by atoms with Gasteiger partial charge < -0.3 is 0 Å². The van der Waals surface area contributed by atoms with Gasteiger partial charge in [0, 0.05) is 11.6 Å². The Morgan fingerprint density at radius 1 is 0.926 bits per heavy atom. The van der Waals surface area contributed by atoms with E-state index in [2.05, 4.69) is 28.0 Å². The van der Waals surface area contributed by atoms with Crippen LogP contribution in [0, 0.1) is 5.92 Å². The van der Waals surface area contributed by atoms with E-state index in [0.29, 0.717) is 5.92 Å². The van der Waals surface area contributed by atoms with Crippen molar-refractivity contribution in [1.82, 2.24) is 10.4 Å². The van der Waals surface area contributed by atoms with Crippen LogP contribution in [-0.4, -0.2) is 10.9 Å². The first-order chi connectivity index (χ1) is 13.3. The molecule has 1 saturated carbocycles. The largest absolute Gasteiger partial charge is 0.298 e. The van der Waals surface area contributed by atoms with Crippen molar-refractivity contribution in [2.24, 2.45) is 5.92 Å². The summed E-state index contributed by atoms with van der Waals surface area (Å²) in [5, 5.41) is 0.995. The second-order valence-electron chi connectivity index (χ2n) is 7.28. The highest BCUT2D eigenvalue weighted by atomic mass is 16.2. The third kappa shape index (κ3) is 3.95. The van der Waals surface area contributed by atoms with E-state index in [9.17, 15) is 4.79 Å². The van der Waals surface area contributed by atoms with Crippen LogP contribution in [0.1, 0.15) is 43.6 Å². The summed E-state index contributed by atoms with van der Waals surface area (Å²) in [6.45, 7) is 0. The molecule has 1 atom stereocenters. The smallest absolute Gasteiger partial charge is 0.246 e. The number of hydrazine groups is 1. The van der Waals surface area contributed by atoms with Gasteiger partial charge >= 0.3 is 0 Å². The fourth-order valence-corrected chi connectivity index (χ4v) is 4.18. The highest BCUT2D eigenvalue weighted by molar-refractivity contribution is 5.92. The number of hydrogen-bond donors (Lipinski definition) is 2. The molecule has 0 bridgehead atoms. The quantitative estimate of drug-likeness (QED) is 0.627. The van der Waals surface area contributed by atoms with Gasteiger partial charge in [-0.3, -0.25) is 20.6 Å². The molecule has 27 heavy (non-hydrogen) atoms. The third-order valence-corrected chi connectivity index (χ3v) is 5.53. The summed E-state index contributed by atoms with van der Waals surface area (Å²) in [5.74, 6) is 0.318. The summed E-state index contributed by atoms with van der Waals surface area (Å²) in [4.78, 5) is 17.5. The van der Waals surface area contributed by atoms with Crippen molar-refractivity contribution < 1.29 is 4.79 Å². The maximum Gasteiger partial charge on any atom is 0.246 e. The number of fused-ring (bicyclic) bond motifs is 1. The molecule has 1 aromatic heterocycles. The van der Waals surface area contributed by atoms with E-state index in [1.807, 2.05) is 48.5 Å². The standard InChI is InChI=1S/C23H25N3O/c27-23(26-25-21-15-7-14-20-19(21)13-8-16-24-20)22(17-9-3-1-4-10-17)18-11-5-2-6-12-18/h1,3-4,7-10,13-16,18,22,25H,2,5-6,11-12H2,(H,26,27). The van der Waals surface area contributed by atoms with Gasteiger partial charge in [0.15, 0.2) is 0 Å². The number of benzene rings is 2. The lowest BCUT2D eigenvalue weighted by molar-refractivity contribution is -0.123. The van der Waals surface area contributed by atoms with E-state index in [1.165, 1.54) is 19.3 Å². The Balaban J connectivity index is 1.54. The normalized spacial score (nSPS) is 16.0. The van der Waals surface area contributed by atoms with Crippen molar-refractivity contribution in [3.8, 4) is 0 Å². The first-order valence-corrected chi connectivity index (χ1v) is 9.77. The Kier molecular flexibility index (Phi) is 5.33. The van der Waals surface area contributed by atoms with Gasteiger partial charge in [-0.15, -0.1) is 0 Å². The van der Waals surface area contributed by atoms with Crippen LogP contribution in [0.2, 0.25) is 0 Å². The molecule has 4 nitrogen and oxygen atoms in total. The molecule has 0 spiro atoms. The molecule has 4 rings (SSSR count). The lowest BCUT2D eigenvalue weighted by Crippen LogP contribution is -2.37. The number of hydrogen-bond acceptors (Lipinski definition) is 3. The number of nitrogens with zero attached hydrogens (tertiary/aromatic N) is 1. The first kappa shape index (κ1) is 17.5. The number of carbonyl (C=O) groups excluding carboxylic acids is 1. The Bertz CT molecular complexity index is 898. The summed E-state index contributed by atoms with van der Waals surface area (Å²) < 4.78 is 0. The van der Waals surface area contributed by atoms with Gasteiger partial charge in [-0.05, 0) is 48.6 Å². The number of anilines is 1. The van der Waals surface area contributed by atoms with Crippen molar-refractivity contribution in [1.29, 1.82) is 0 Å². The molecule has 3 aromatic rings. The van der Waals surface area contributed by atoms with Gasteiger partial charge in [-0.25, -0.2) is 0 Å². The summed E-state index contributed by atoms with van der Waals surface area (Å²) in [6, 6.07) is 20.0. The SMILES string of the molecule is O=C(NNc1cccc2ncccc12)C(c1ccccc1)C1CCCCC1. The molecule has 0 radical (unpaired) electrons. The van der Waals surface area contributed by atoms with Crippen LogP contribution in [0.15, 0.2) is 66.9 Å². The van der Waals surface area contributed by atoms with Crippen LogP contribution in [0.4, 0.5) is 5.69 Å². The second-order valence-corrected chi connectivity index (χ2v) is 7.28. The summed E-state index contributed by atoms with van der Waals surface area (Å²) in [7, 11) is 0. The van der Waals surface area contributed by atoms with Crippen molar-refractivity contribution >= 4 is 22.5 Å². The lowest BCUT2D eigenvalue weighted by atomic mass is 9.76. The Morgan fingerprint density at radius 3 is 2.56 bits per heavy atom. The lowest BCUT2D eigenvalue weighted by Gasteiger charge is -2.30. The van der Waals surface area contributed by atoms with Gasteiger partial charge in [0.25, 0.3) is 0 Å². The number of carbonyl (C=O) groups is 1.